The number of hydrogen-bond acceptors (Lipinski definition) is 2. The van der Waals surface area contributed by atoms with Gasteiger partial charge < -0.3 is 15.4 Å². The van der Waals surface area contributed by atoms with Crippen LogP contribution >= 0.6 is 0 Å². The van der Waals surface area contributed by atoms with E-state index in [-0.39, 0.29) is 6.03 Å². The van der Waals surface area contributed by atoms with Gasteiger partial charge in [0.15, 0.2) is 0 Å². The van der Waals surface area contributed by atoms with Crippen molar-refractivity contribution >= 4 is 6.03 Å². The molecule has 4 nitrogen and oxygen atoms in total. The predicted molar refractivity (Wildman–Crippen MR) is 97.5 cm³/mol. The SMILES string of the molecule is Cc1ccccc1OCCCNC(=O)NCCCc1ccccc1. The normalized spacial score (nSPS) is 10.2. The van der Waals surface area contributed by atoms with Crippen LogP contribution in [0, 0.1) is 6.92 Å². The van der Waals surface area contributed by atoms with Crippen LogP contribution in [0.1, 0.15) is 24.0 Å². The Morgan fingerprint density at radius 1 is 0.917 bits per heavy atom. The number of para-hydroxylation sites is 1. The fourth-order valence-corrected chi connectivity index (χ4v) is 2.38. The number of rotatable bonds is 9. The Morgan fingerprint density at radius 2 is 1.58 bits per heavy atom. The van der Waals surface area contributed by atoms with Crippen LogP contribution in [0.3, 0.4) is 0 Å². The van der Waals surface area contributed by atoms with Gasteiger partial charge in [-0.25, -0.2) is 4.79 Å². The summed E-state index contributed by atoms with van der Waals surface area (Å²) in [6, 6.07) is 18.1. The maximum atomic E-state index is 11.7. The van der Waals surface area contributed by atoms with E-state index < -0.39 is 0 Å². The molecule has 128 valence electrons. The Labute approximate surface area is 144 Å². The van der Waals surface area contributed by atoms with Gasteiger partial charge in [-0.05, 0) is 43.4 Å². The van der Waals surface area contributed by atoms with Crippen LogP contribution in [0.15, 0.2) is 54.6 Å². The molecule has 0 fully saturated rings. The molecule has 0 atom stereocenters. The molecule has 0 unspecified atom stereocenters. The molecule has 0 aliphatic heterocycles. The molecule has 2 aromatic rings. The lowest BCUT2D eigenvalue weighted by Gasteiger charge is -2.10. The molecule has 2 N–H and O–H groups in total. The summed E-state index contributed by atoms with van der Waals surface area (Å²) in [4.78, 5) is 11.7. The summed E-state index contributed by atoms with van der Waals surface area (Å²) in [5.41, 5.74) is 2.43. The molecule has 0 heterocycles. The van der Waals surface area contributed by atoms with Crippen LogP contribution in [0.25, 0.3) is 0 Å². The van der Waals surface area contributed by atoms with Crippen molar-refractivity contribution < 1.29 is 9.53 Å². The Kier molecular flexibility index (Phi) is 7.68. The van der Waals surface area contributed by atoms with Crippen LogP contribution in [0.5, 0.6) is 5.75 Å². The van der Waals surface area contributed by atoms with E-state index in [0.29, 0.717) is 19.7 Å². The van der Waals surface area contributed by atoms with E-state index in [4.69, 9.17) is 4.74 Å². The second kappa shape index (κ2) is 10.3. The van der Waals surface area contributed by atoms with E-state index in [1.807, 2.05) is 49.4 Å². The number of aryl methyl sites for hydroxylation is 2. The maximum Gasteiger partial charge on any atom is 0.314 e. The molecule has 0 aliphatic carbocycles. The van der Waals surface area contributed by atoms with Crippen molar-refractivity contribution in [3.63, 3.8) is 0 Å². The van der Waals surface area contributed by atoms with Gasteiger partial charge in [-0.3, -0.25) is 0 Å². The third-order valence-electron chi connectivity index (χ3n) is 3.73. The Morgan fingerprint density at radius 3 is 2.33 bits per heavy atom. The van der Waals surface area contributed by atoms with E-state index >= 15 is 0 Å². The van der Waals surface area contributed by atoms with E-state index in [1.54, 1.807) is 0 Å². The zero-order valence-electron chi connectivity index (χ0n) is 14.3. The van der Waals surface area contributed by atoms with E-state index in [1.165, 1.54) is 5.56 Å². The number of ether oxygens (including phenoxy) is 1. The smallest absolute Gasteiger partial charge is 0.314 e. The Hall–Kier alpha value is -2.49. The highest BCUT2D eigenvalue weighted by atomic mass is 16.5. The molecule has 0 saturated heterocycles. The molecule has 24 heavy (non-hydrogen) atoms. The third-order valence-corrected chi connectivity index (χ3v) is 3.73. The number of carbonyl (C=O) groups excluding carboxylic acids is 1. The molecule has 2 rings (SSSR count). The fraction of sp³-hybridized carbons (Fsp3) is 0.350. The second-order valence-corrected chi connectivity index (χ2v) is 5.74. The van der Waals surface area contributed by atoms with Crippen LogP contribution in [-0.2, 0) is 6.42 Å². The van der Waals surface area contributed by atoms with Crippen molar-refractivity contribution in [1.29, 1.82) is 0 Å². The molecule has 0 bridgehead atoms. The molecule has 0 radical (unpaired) electrons. The first-order valence-electron chi connectivity index (χ1n) is 8.50. The van der Waals surface area contributed by atoms with Crippen molar-refractivity contribution in [2.24, 2.45) is 0 Å². The topological polar surface area (TPSA) is 50.4 Å². The van der Waals surface area contributed by atoms with E-state index in [9.17, 15) is 4.79 Å². The highest BCUT2D eigenvalue weighted by Crippen LogP contribution is 2.15. The third kappa shape index (κ3) is 6.73. The fourth-order valence-electron chi connectivity index (χ4n) is 2.38. The summed E-state index contributed by atoms with van der Waals surface area (Å²) >= 11 is 0. The standard InChI is InChI=1S/C20H26N2O2/c1-17-9-5-6-13-19(17)24-16-8-15-22-20(23)21-14-7-12-18-10-3-2-4-11-18/h2-6,9-11,13H,7-8,12,14-16H2,1H3,(H2,21,22,23). The highest BCUT2D eigenvalue weighted by Gasteiger charge is 2.00. The predicted octanol–water partition coefficient (Wildman–Crippen LogP) is 3.70. The van der Waals surface area contributed by atoms with Gasteiger partial charge in [0.05, 0.1) is 6.61 Å². The monoisotopic (exact) mass is 326 g/mol. The lowest BCUT2D eigenvalue weighted by atomic mass is 10.1. The Balaban J connectivity index is 1.48. The molecule has 2 amide bonds. The number of amides is 2. The summed E-state index contributed by atoms with van der Waals surface area (Å²) in [6.07, 6.45) is 2.70. The average Bonchev–Trinajstić information content (AvgIpc) is 2.61. The summed E-state index contributed by atoms with van der Waals surface area (Å²) in [6.45, 7) is 3.91. The first-order chi connectivity index (χ1) is 11.8. The van der Waals surface area contributed by atoms with E-state index in [2.05, 4.69) is 22.8 Å². The molecular formula is C20H26N2O2. The molecule has 0 aromatic heterocycles. The Bertz CT molecular complexity index is 614. The molecule has 0 spiro atoms. The number of carbonyl (C=O) groups is 1. The molecule has 0 saturated carbocycles. The lowest BCUT2D eigenvalue weighted by molar-refractivity contribution is 0.239. The van der Waals surface area contributed by atoms with Crippen LogP contribution in [0.2, 0.25) is 0 Å². The maximum absolute atomic E-state index is 11.7. The van der Waals surface area contributed by atoms with Gasteiger partial charge in [0, 0.05) is 13.1 Å². The molecule has 4 heteroatoms. The van der Waals surface area contributed by atoms with Crippen LogP contribution in [-0.4, -0.2) is 25.7 Å². The van der Waals surface area contributed by atoms with Crippen molar-refractivity contribution in [2.45, 2.75) is 26.2 Å². The highest BCUT2D eigenvalue weighted by molar-refractivity contribution is 5.73. The van der Waals surface area contributed by atoms with Gasteiger partial charge in [-0.2, -0.15) is 0 Å². The summed E-state index contributed by atoms with van der Waals surface area (Å²) in [5, 5.41) is 5.73. The van der Waals surface area contributed by atoms with Gasteiger partial charge >= 0.3 is 6.03 Å². The van der Waals surface area contributed by atoms with Gasteiger partial charge in [0.2, 0.25) is 0 Å². The zero-order valence-corrected chi connectivity index (χ0v) is 14.3. The van der Waals surface area contributed by atoms with Gasteiger partial charge in [0.1, 0.15) is 5.75 Å². The lowest BCUT2D eigenvalue weighted by Crippen LogP contribution is -2.37. The van der Waals surface area contributed by atoms with Gasteiger partial charge in [0.25, 0.3) is 0 Å². The number of benzene rings is 2. The largest absolute Gasteiger partial charge is 0.493 e. The summed E-state index contributed by atoms with van der Waals surface area (Å²) in [7, 11) is 0. The molecule has 0 aliphatic rings. The zero-order chi connectivity index (χ0) is 17.0. The quantitative estimate of drug-likeness (QED) is 0.690. The average molecular weight is 326 g/mol. The van der Waals surface area contributed by atoms with Gasteiger partial charge in [-0.15, -0.1) is 0 Å². The van der Waals surface area contributed by atoms with Crippen molar-refractivity contribution in [2.75, 3.05) is 19.7 Å². The minimum absolute atomic E-state index is 0.112. The van der Waals surface area contributed by atoms with Gasteiger partial charge in [-0.1, -0.05) is 48.5 Å². The summed E-state index contributed by atoms with van der Waals surface area (Å²) < 4.78 is 5.69. The van der Waals surface area contributed by atoms with E-state index in [0.717, 1.165) is 30.6 Å². The minimum Gasteiger partial charge on any atom is -0.493 e. The van der Waals surface area contributed by atoms with Crippen LogP contribution < -0.4 is 15.4 Å². The van der Waals surface area contributed by atoms with Crippen LogP contribution in [0.4, 0.5) is 4.79 Å². The molecule has 2 aromatic carbocycles. The minimum atomic E-state index is -0.112. The van der Waals surface area contributed by atoms with Crippen molar-refractivity contribution in [1.82, 2.24) is 10.6 Å². The van der Waals surface area contributed by atoms with Crippen molar-refractivity contribution in [3.05, 3.63) is 65.7 Å². The first kappa shape index (κ1) is 17.9. The summed E-state index contributed by atoms with van der Waals surface area (Å²) in [5.74, 6) is 0.905. The second-order valence-electron chi connectivity index (χ2n) is 5.74. The number of nitrogens with one attached hydrogen (secondary N) is 2. The number of urea groups is 1. The first-order valence-corrected chi connectivity index (χ1v) is 8.50. The van der Waals surface area contributed by atoms with Crippen molar-refractivity contribution in [3.8, 4) is 5.75 Å². The molecular weight excluding hydrogens is 300 g/mol. The number of hydrogen-bond donors (Lipinski definition) is 2.